The van der Waals surface area contributed by atoms with Gasteiger partial charge in [-0.2, -0.15) is 0 Å². The largest absolute Gasteiger partial charge is 0.459 e. The Morgan fingerprint density at radius 1 is 1.13 bits per heavy atom. The van der Waals surface area contributed by atoms with Crippen molar-refractivity contribution in [2.75, 3.05) is 5.32 Å². The van der Waals surface area contributed by atoms with Crippen molar-refractivity contribution in [3.05, 3.63) is 70.6 Å². The van der Waals surface area contributed by atoms with Gasteiger partial charge in [-0.3, -0.25) is 18.8 Å². The number of anilines is 1. The van der Waals surface area contributed by atoms with Crippen molar-refractivity contribution in [3.63, 3.8) is 0 Å². The van der Waals surface area contributed by atoms with Crippen LogP contribution in [0.25, 0.3) is 15.2 Å². The lowest BCUT2D eigenvalue weighted by molar-refractivity contribution is -0.145. The molecule has 0 unspecified atom stereocenters. The van der Waals surface area contributed by atoms with E-state index in [1.165, 1.54) is 29.2 Å². The average Bonchev–Trinajstić information content (AvgIpc) is 3.12. The summed E-state index contributed by atoms with van der Waals surface area (Å²) in [5.41, 5.74) is 1.71. The highest BCUT2D eigenvalue weighted by atomic mass is 32.2. The number of fused-ring (bicyclic) bond motifs is 4. The molecule has 150 valence electrons. The van der Waals surface area contributed by atoms with Crippen LogP contribution in [0.4, 0.5) is 5.69 Å². The van der Waals surface area contributed by atoms with Gasteiger partial charge in [-0.15, -0.1) is 11.8 Å². The molecule has 5 rings (SSSR count). The predicted molar refractivity (Wildman–Crippen MR) is 116 cm³/mol. The summed E-state index contributed by atoms with van der Waals surface area (Å²) in [4.78, 5) is 43.0. The zero-order valence-electron chi connectivity index (χ0n) is 15.5. The number of rotatable bonds is 4. The quantitative estimate of drug-likeness (QED) is 0.492. The number of carbonyl (C=O) groups is 2. The molecule has 1 N–H and O–H groups in total. The van der Waals surface area contributed by atoms with Crippen LogP contribution in [0.2, 0.25) is 0 Å². The van der Waals surface area contributed by atoms with Crippen LogP contribution in [0.5, 0.6) is 0 Å². The summed E-state index contributed by atoms with van der Waals surface area (Å²) in [6.45, 7) is -0.117. The molecule has 7 nitrogen and oxygen atoms in total. The molecule has 1 aliphatic heterocycles. The normalized spacial score (nSPS) is 15.7. The highest BCUT2D eigenvalue weighted by Crippen LogP contribution is 2.36. The van der Waals surface area contributed by atoms with E-state index in [1.807, 2.05) is 48.5 Å². The van der Waals surface area contributed by atoms with Crippen molar-refractivity contribution in [2.24, 2.45) is 0 Å². The average molecular weight is 438 g/mol. The highest BCUT2D eigenvalue weighted by molar-refractivity contribution is 8.01. The Morgan fingerprint density at radius 2 is 1.93 bits per heavy atom. The molecule has 30 heavy (non-hydrogen) atoms. The van der Waals surface area contributed by atoms with Gasteiger partial charge in [0.1, 0.15) is 6.61 Å². The summed E-state index contributed by atoms with van der Waals surface area (Å²) in [5.74, 6) is -0.737. The second-order valence-electron chi connectivity index (χ2n) is 6.73. The summed E-state index contributed by atoms with van der Waals surface area (Å²) in [5, 5.41) is 2.25. The zero-order chi connectivity index (χ0) is 20.7. The van der Waals surface area contributed by atoms with E-state index < -0.39 is 11.2 Å². The number of nitrogens with one attached hydrogen (secondary N) is 1. The Morgan fingerprint density at radius 3 is 2.83 bits per heavy atom. The molecule has 0 saturated heterocycles. The molecule has 0 saturated carbocycles. The molecule has 0 aliphatic carbocycles. The fraction of sp³-hybridized carbons (Fsp3) is 0.143. The van der Waals surface area contributed by atoms with Gasteiger partial charge in [0.25, 0.3) is 5.56 Å². The second kappa shape index (κ2) is 7.58. The summed E-state index contributed by atoms with van der Waals surface area (Å²) in [6, 6.07) is 16.4. The third-order valence-corrected chi connectivity index (χ3v) is 6.98. The first-order chi connectivity index (χ1) is 14.6. The Bertz CT molecular complexity index is 1360. The van der Waals surface area contributed by atoms with E-state index >= 15 is 0 Å². The monoisotopic (exact) mass is 437 g/mol. The number of thioether (sulfide) groups is 1. The number of benzene rings is 2. The van der Waals surface area contributed by atoms with Crippen LogP contribution in [0.3, 0.4) is 0 Å². The maximum Gasteiger partial charge on any atom is 0.307 e. The van der Waals surface area contributed by atoms with Crippen LogP contribution < -0.4 is 10.9 Å². The summed E-state index contributed by atoms with van der Waals surface area (Å²) in [7, 11) is 0. The second-order valence-corrected chi connectivity index (χ2v) is 8.98. The molecule has 0 spiro atoms. The Labute approximate surface area is 178 Å². The predicted octanol–water partition coefficient (Wildman–Crippen LogP) is 3.46. The first-order valence-electron chi connectivity index (χ1n) is 9.21. The number of ether oxygens (including phenoxy) is 1. The number of amides is 1. The van der Waals surface area contributed by atoms with Gasteiger partial charge in [0, 0.05) is 11.0 Å². The number of hydrogen-bond donors (Lipinski definition) is 1. The van der Waals surface area contributed by atoms with Crippen molar-refractivity contribution >= 4 is 55.8 Å². The third kappa shape index (κ3) is 3.46. The minimum absolute atomic E-state index is 0.0606. The van der Waals surface area contributed by atoms with E-state index in [0.29, 0.717) is 10.7 Å². The van der Waals surface area contributed by atoms with Crippen LogP contribution in [0.1, 0.15) is 12.1 Å². The summed E-state index contributed by atoms with van der Waals surface area (Å²) >= 11 is 2.74. The first kappa shape index (κ1) is 18.8. The summed E-state index contributed by atoms with van der Waals surface area (Å²) < 4.78 is 7.81. The van der Waals surface area contributed by atoms with E-state index in [0.717, 1.165) is 20.8 Å². The topological polar surface area (TPSA) is 89.8 Å². The SMILES string of the molecule is O=C(C[C@@H]1Sc2ccccc2NC1=O)OCc1cc(=O)n2c(n1)sc1ccccc12. The molecule has 0 bridgehead atoms. The smallest absolute Gasteiger partial charge is 0.307 e. The number of aromatic nitrogens is 2. The number of carbonyl (C=O) groups excluding carboxylic acids is 2. The van der Waals surface area contributed by atoms with Gasteiger partial charge in [0.05, 0.1) is 33.3 Å². The number of para-hydroxylation sites is 2. The number of esters is 1. The van der Waals surface area contributed by atoms with Crippen LogP contribution in [0.15, 0.2) is 64.3 Å². The van der Waals surface area contributed by atoms with Crippen LogP contribution in [-0.2, 0) is 20.9 Å². The number of hydrogen-bond acceptors (Lipinski definition) is 7. The van der Waals surface area contributed by atoms with Gasteiger partial charge >= 0.3 is 5.97 Å². The Hall–Kier alpha value is -3.17. The molecule has 1 atom stereocenters. The molecule has 3 heterocycles. The van der Waals surface area contributed by atoms with Crippen LogP contribution in [-0.4, -0.2) is 26.5 Å². The number of thiazole rings is 1. The molecular weight excluding hydrogens is 422 g/mol. The standard InChI is InChI=1S/C21H15N3O4S2/c25-18-9-12(22-21-24(18)14-6-2-4-8-16(14)30-21)11-28-19(26)10-17-20(27)23-13-5-1-3-7-15(13)29-17/h1-9,17H,10-11H2,(H,23,27)/t17-/m0/s1. The van der Waals surface area contributed by atoms with Crippen molar-refractivity contribution in [3.8, 4) is 0 Å². The highest BCUT2D eigenvalue weighted by Gasteiger charge is 2.29. The van der Waals surface area contributed by atoms with Crippen molar-refractivity contribution in [2.45, 2.75) is 23.2 Å². The van der Waals surface area contributed by atoms with Gasteiger partial charge in [-0.25, -0.2) is 4.98 Å². The fourth-order valence-corrected chi connectivity index (χ4v) is 5.43. The fourth-order valence-electron chi connectivity index (χ4n) is 3.29. The van der Waals surface area contributed by atoms with Crippen molar-refractivity contribution in [1.29, 1.82) is 0 Å². The van der Waals surface area contributed by atoms with E-state index in [1.54, 1.807) is 4.40 Å². The van der Waals surface area contributed by atoms with E-state index in [9.17, 15) is 14.4 Å². The molecule has 4 aromatic rings. The molecule has 0 fully saturated rings. The molecule has 9 heteroatoms. The van der Waals surface area contributed by atoms with Gasteiger partial charge in [-0.1, -0.05) is 35.6 Å². The molecule has 0 radical (unpaired) electrons. The molecule has 1 amide bonds. The van der Waals surface area contributed by atoms with Crippen LogP contribution >= 0.6 is 23.1 Å². The maximum absolute atomic E-state index is 12.5. The Balaban J connectivity index is 1.29. The van der Waals surface area contributed by atoms with Crippen LogP contribution in [0, 0.1) is 0 Å². The van der Waals surface area contributed by atoms with Crippen molar-refractivity contribution in [1.82, 2.24) is 9.38 Å². The molecule has 1 aliphatic rings. The van der Waals surface area contributed by atoms with E-state index in [2.05, 4.69) is 10.3 Å². The van der Waals surface area contributed by atoms with E-state index in [4.69, 9.17) is 4.74 Å². The minimum Gasteiger partial charge on any atom is -0.459 e. The van der Waals surface area contributed by atoms with E-state index in [-0.39, 0.29) is 24.5 Å². The molecular formula is C21H15N3O4S2. The first-order valence-corrected chi connectivity index (χ1v) is 10.9. The summed E-state index contributed by atoms with van der Waals surface area (Å²) in [6.07, 6.45) is -0.0606. The lowest BCUT2D eigenvalue weighted by atomic mass is 10.2. The minimum atomic E-state index is -0.559. The van der Waals surface area contributed by atoms with Crippen molar-refractivity contribution < 1.29 is 14.3 Å². The molecule has 2 aromatic heterocycles. The lowest BCUT2D eigenvalue weighted by Gasteiger charge is -2.23. The van der Waals surface area contributed by atoms with Gasteiger partial charge in [0.2, 0.25) is 5.91 Å². The lowest BCUT2D eigenvalue weighted by Crippen LogP contribution is -2.31. The third-order valence-electron chi connectivity index (χ3n) is 4.69. The van der Waals surface area contributed by atoms with Gasteiger partial charge in [0.15, 0.2) is 4.96 Å². The van der Waals surface area contributed by atoms with Gasteiger partial charge < -0.3 is 10.1 Å². The zero-order valence-corrected chi connectivity index (χ0v) is 17.2. The maximum atomic E-state index is 12.5. The number of nitrogens with zero attached hydrogens (tertiary/aromatic N) is 2. The van der Waals surface area contributed by atoms with Gasteiger partial charge in [-0.05, 0) is 24.3 Å². The molecule has 2 aromatic carbocycles. The Kier molecular flexibility index (Phi) is 4.76.